The van der Waals surface area contributed by atoms with Gasteiger partial charge in [-0.05, 0) is 25.0 Å². The number of nitrogens with zero attached hydrogens (tertiary/aromatic N) is 1. The van der Waals surface area contributed by atoms with Gasteiger partial charge in [-0.25, -0.2) is 10.5 Å². The number of halogens is 2. The first-order chi connectivity index (χ1) is 8.15. The van der Waals surface area contributed by atoms with Crippen molar-refractivity contribution < 1.29 is 9.63 Å². The van der Waals surface area contributed by atoms with Gasteiger partial charge in [0.25, 0.3) is 5.91 Å². The fraction of sp³-hybridized carbons (Fsp3) is 0.455. The summed E-state index contributed by atoms with van der Waals surface area (Å²) in [5, 5.41) is 0.368. The van der Waals surface area contributed by atoms with Gasteiger partial charge >= 0.3 is 0 Å². The quantitative estimate of drug-likeness (QED) is 0.681. The smallest absolute Gasteiger partial charge is 0.270 e. The first kappa shape index (κ1) is 12.6. The number of hydrogen-bond acceptors (Lipinski definition) is 3. The van der Waals surface area contributed by atoms with Crippen LogP contribution < -0.4 is 5.48 Å². The third-order valence-corrected chi connectivity index (χ3v) is 3.03. The zero-order valence-corrected chi connectivity index (χ0v) is 10.6. The summed E-state index contributed by atoms with van der Waals surface area (Å²) in [6.07, 6.45) is 4.38. The highest BCUT2D eigenvalue weighted by atomic mass is 35.5. The molecule has 0 spiro atoms. The van der Waals surface area contributed by atoms with E-state index in [2.05, 4.69) is 10.5 Å². The van der Waals surface area contributed by atoms with Gasteiger partial charge in [-0.2, -0.15) is 0 Å². The summed E-state index contributed by atoms with van der Waals surface area (Å²) < 4.78 is 0. The molecule has 4 nitrogen and oxygen atoms in total. The van der Waals surface area contributed by atoms with Crippen molar-refractivity contribution in [1.29, 1.82) is 0 Å². The molecule has 2 rings (SSSR count). The van der Waals surface area contributed by atoms with Gasteiger partial charge in [-0.15, -0.1) is 0 Å². The summed E-state index contributed by atoms with van der Waals surface area (Å²) in [4.78, 5) is 20.8. The summed E-state index contributed by atoms with van der Waals surface area (Å²) in [6.45, 7) is 0. The Kier molecular flexibility index (Phi) is 4.20. The highest BCUT2D eigenvalue weighted by Gasteiger charge is 2.17. The molecule has 0 aromatic carbocycles. The topological polar surface area (TPSA) is 51.2 Å². The Balaban J connectivity index is 1.94. The van der Waals surface area contributed by atoms with Crippen LogP contribution in [0.5, 0.6) is 0 Å². The molecule has 1 heterocycles. The molecule has 0 saturated heterocycles. The van der Waals surface area contributed by atoms with Gasteiger partial charge in [0.15, 0.2) is 0 Å². The minimum absolute atomic E-state index is 0.117. The Morgan fingerprint density at radius 3 is 2.47 bits per heavy atom. The van der Waals surface area contributed by atoms with Crippen LogP contribution in [0.3, 0.4) is 0 Å². The van der Waals surface area contributed by atoms with E-state index >= 15 is 0 Å². The Morgan fingerprint density at radius 2 is 1.88 bits per heavy atom. The Morgan fingerprint density at radius 1 is 1.29 bits per heavy atom. The SMILES string of the molecule is O=C(NOC1CCCC1)c1cc(Cl)nc(Cl)c1. The molecular weight excluding hydrogens is 263 g/mol. The van der Waals surface area contributed by atoms with Crippen molar-refractivity contribution in [2.24, 2.45) is 0 Å². The Bertz CT molecular complexity index is 400. The molecular formula is C11H12Cl2N2O2. The zero-order valence-electron chi connectivity index (χ0n) is 9.08. The van der Waals surface area contributed by atoms with Crippen LogP contribution in [0.4, 0.5) is 0 Å². The zero-order chi connectivity index (χ0) is 12.3. The van der Waals surface area contributed by atoms with E-state index in [1.165, 1.54) is 12.1 Å². The van der Waals surface area contributed by atoms with Gasteiger partial charge in [0, 0.05) is 5.56 Å². The molecule has 0 aliphatic heterocycles. The maximum atomic E-state index is 11.7. The average Bonchev–Trinajstić information content (AvgIpc) is 2.77. The van der Waals surface area contributed by atoms with E-state index in [1.54, 1.807) is 0 Å². The summed E-state index contributed by atoms with van der Waals surface area (Å²) >= 11 is 11.4. The number of rotatable bonds is 3. The molecule has 0 atom stereocenters. The Hall–Kier alpha value is -0.840. The van der Waals surface area contributed by atoms with Crippen LogP contribution in [-0.2, 0) is 4.84 Å². The second-order valence-electron chi connectivity index (χ2n) is 3.96. The highest BCUT2D eigenvalue weighted by Crippen LogP contribution is 2.20. The van der Waals surface area contributed by atoms with E-state index in [-0.39, 0.29) is 22.3 Å². The van der Waals surface area contributed by atoms with Crippen LogP contribution in [0.2, 0.25) is 10.3 Å². The number of amides is 1. The van der Waals surface area contributed by atoms with Crippen molar-refractivity contribution in [3.8, 4) is 0 Å². The lowest BCUT2D eigenvalue weighted by atomic mass is 10.2. The lowest BCUT2D eigenvalue weighted by Gasteiger charge is -2.11. The second kappa shape index (κ2) is 5.67. The molecule has 17 heavy (non-hydrogen) atoms. The average molecular weight is 275 g/mol. The minimum atomic E-state index is -0.358. The fourth-order valence-corrected chi connectivity index (χ4v) is 2.26. The van der Waals surface area contributed by atoms with Crippen LogP contribution in [0.15, 0.2) is 12.1 Å². The van der Waals surface area contributed by atoms with E-state index < -0.39 is 0 Å². The van der Waals surface area contributed by atoms with Crippen LogP contribution in [0.1, 0.15) is 36.0 Å². The number of carbonyl (C=O) groups excluding carboxylic acids is 1. The van der Waals surface area contributed by atoms with Crippen LogP contribution in [-0.4, -0.2) is 17.0 Å². The lowest BCUT2D eigenvalue weighted by Crippen LogP contribution is -2.28. The molecule has 0 unspecified atom stereocenters. The van der Waals surface area contributed by atoms with Crippen LogP contribution >= 0.6 is 23.2 Å². The largest absolute Gasteiger partial charge is 0.275 e. The monoisotopic (exact) mass is 274 g/mol. The summed E-state index contributed by atoms with van der Waals surface area (Å²) in [6, 6.07) is 2.89. The number of hydrogen-bond donors (Lipinski definition) is 1. The Labute approximate surface area is 109 Å². The minimum Gasteiger partial charge on any atom is -0.270 e. The molecule has 1 saturated carbocycles. The number of carbonyl (C=O) groups is 1. The first-order valence-corrected chi connectivity index (χ1v) is 6.20. The van der Waals surface area contributed by atoms with Crippen molar-refractivity contribution in [3.63, 3.8) is 0 Å². The number of aromatic nitrogens is 1. The molecule has 0 radical (unpaired) electrons. The van der Waals surface area contributed by atoms with Crippen LogP contribution in [0.25, 0.3) is 0 Å². The van der Waals surface area contributed by atoms with E-state index in [1.807, 2.05) is 0 Å². The van der Waals surface area contributed by atoms with E-state index in [4.69, 9.17) is 28.0 Å². The van der Waals surface area contributed by atoms with Crippen molar-refractivity contribution in [1.82, 2.24) is 10.5 Å². The summed E-state index contributed by atoms with van der Waals surface area (Å²) in [7, 11) is 0. The van der Waals surface area contributed by atoms with Crippen molar-refractivity contribution in [3.05, 3.63) is 28.0 Å². The van der Waals surface area contributed by atoms with Crippen LogP contribution in [0, 0.1) is 0 Å². The maximum absolute atomic E-state index is 11.7. The van der Waals surface area contributed by atoms with Gasteiger partial charge in [0.05, 0.1) is 6.10 Å². The third-order valence-electron chi connectivity index (χ3n) is 2.65. The number of hydroxylamine groups is 1. The third kappa shape index (κ3) is 3.56. The van der Waals surface area contributed by atoms with E-state index in [0.717, 1.165) is 25.7 Å². The fourth-order valence-electron chi connectivity index (χ4n) is 1.80. The molecule has 1 N–H and O–H groups in total. The second-order valence-corrected chi connectivity index (χ2v) is 4.73. The molecule has 1 aliphatic rings. The molecule has 1 aromatic rings. The first-order valence-electron chi connectivity index (χ1n) is 5.44. The van der Waals surface area contributed by atoms with Crippen molar-refractivity contribution in [2.75, 3.05) is 0 Å². The molecule has 0 bridgehead atoms. The predicted molar refractivity (Wildman–Crippen MR) is 65.1 cm³/mol. The van der Waals surface area contributed by atoms with Crippen molar-refractivity contribution in [2.45, 2.75) is 31.8 Å². The van der Waals surface area contributed by atoms with Gasteiger partial charge in [-0.1, -0.05) is 36.0 Å². The van der Waals surface area contributed by atoms with E-state index in [9.17, 15) is 4.79 Å². The van der Waals surface area contributed by atoms with E-state index in [0.29, 0.717) is 5.56 Å². The van der Waals surface area contributed by atoms with Gasteiger partial charge in [0.1, 0.15) is 10.3 Å². The highest BCUT2D eigenvalue weighted by molar-refractivity contribution is 6.33. The number of nitrogens with one attached hydrogen (secondary N) is 1. The standard InChI is InChI=1S/C11H12Cl2N2O2/c12-9-5-7(6-10(13)14-9)11(16)15-17-8-3-1-2-4-8/h5-6,8H,1-4H2,(H,15,16). The van der Waals surface area contributed by atoms with Gasteiger partial charge in [0.2, 0.25) is 0 Å². The molecule has 1 amide bonds. The summed E-state index contributed by atoms with van der Waals surface area (Å²) in [5.74, 6) is -0.358. The molecule has 1 aromatic heterocycles. The van der Waals surface area contributed by atoms with Gasteiger partial charge in [-0.3, -0.25) is 9.63 Å². The van der Waals surface area contributed by atoms with Crippen molar-refractivity contribution >= 4 is 29.1 Å². The molecule has 1 fully saturated rings. The van der Waals surface area contributed by atoms with Gasteiger partial charge < -0.3 is 0 Å². The number of pyridine rings is 1. The lowest BCUT2D eigenvalue weighted by molar-refractivity contribution is -0.0124. The maximum Gasteiger partial charge on any atom is 0.275 e. The normalized spacial score (nSPS) is 16.1. The molecule has 92 valence electrons. The predicted octanol–water partition coefficient (Wildman–Crippen LogP) is 2.99. The summed E-state index contributed by atoms with van der Waals surface area (Å²) in [5.41, 5.74) is 2.75. The molecule has 6 heteroatoms. The molecule has 1 aliphatic carbocycles.